The predicted molar refractivity (Wildman–Crippen MR) is 65.0 cm³/mol. The fourth-order valence-corrected chi connectivity index (χ4v) is 1.79. The fourth-order valence-electron chi connectivity index (χ4n) is 1.42. The maximum atomic E-state index is 5.62. The minimum Gasteiger partial charge on any atom is -0.438 e. The maximum absolute atomic E-state index is 5.62. The lowest BCUT2D eigenvalue weighted by Crippen LogP contribution is -1.94. The molecule has 6 heteroatoms. The van der Waals surface area contributed by atoms with E-state index in [1.807, 2.05) is 24.3 Å². The maximum Gasteiger partial charge on any atom is 0.237 e. The molecule has 2 aromatic heterocycles. The van der Waals surface area contributed by atoms with Crippen molar-refractivity contribution >= 4 is 21.6 Å². The van der Waals surface area contributed by atoms with Crippen molar-refractivity contribution in [3.05, 3.63) is 47.2 Å². The average Bonchev–Trinajstić information content (AvgIpc) is 2.76. The predicted octanol–water partition coefficient (Wildman–Crippen LogP) is 2.68. The van der Waals surface area contributed by atoms with Crippen molar-refractivity contribution in [3.63, 3.8) is 0 Å². The highest BCUT2D eigenvalue weighted by Crippen LogP contribution is 2.22. The van der Waals surface area contributed by atoms with Gasteiger partial charge in [0.15, 0.2) is 5.65 Å². The molecule has 0 saturated carbocycles. The Morgan fingerprint density at radius 3 is 3.00 bits per heavy atom. The summed E-state index contributed by atoms with van der Waals surface area (Å²) in [5, 5.41) is 11.8. The third kappa shape index (κ3) is 2.12. The van der Waals surface area contributed by atoms with Gasteiger partial charge in [-0.25, -0.2) is 0 Å². The first-order valence-electron chi connectivity index (χ1n) is 4.92. The standard InChI is InChI=1S/C11H7BrN4O/c12-8-2-1-3-9(6-8)17-11-5-4-10-14-13-7-16(10)15-11/h1-7H. The second-order valence-corrected chi connectivity index (χ2v) is 4.28. The van der Waals surface area contributed by atoms with E-state index in [4.69, 9.17) is 4.74 Å². The van der Waals surface area contributed by atoms with Gasteiger partial charge in [0.2, 0.25) is 5.88 Å². The van der Waals surface area contributed by atoms with Crippen LogP contribution in [0.3, 0.4) is 0 Å². The Balaban J connectivity index is 1.94. The molecule has 0 aliphatic carbocycles. The van der Waals surface area contributed by atoms with E-state index >= 15 is 0 Å². The third-order valence-corrected chi connectivity index (χ3v) is 2.65. The van der Waals surface area contributed by atoms with E-state index in [2.05, 4.69) is 31.2 Å². The van der Waals surface area contributed by atoms with Crippen molar-refractivity contribution in [2.75, 3.05) is 0 Å². The summed E-state index contributed by atoms with van der Waals surface area (Å²) in [5.74, 6) is 1.22. The Kier molecular flexibility index (Phi) is 2.49. The highest BCUT2D eigenvalue weighted by molar-refractivity contribution is 9.10. The van der Waals surface area contributed by atoms with Crippen molar-refractivity contribution in [1.29, 1.82) is 0 Å². The van der Waals surface area contributed by atoms with Crippen molar-refractivity contribution in [2.24, 2.45) is 0 Å². The summed E-state index contributed by atoms with van der Waals surface area (Å²) in [7, 11) is 0. The molecule has 0 spiro atoms. The molecule has 0 fully saturated rings. The molecule has 1 aromatic carbocycles. The average molecular weight is 291 g/mol. The Labute approximate surface area is 105 Å². The molecule has 2 heterocycles. The second kappa shape index (κ2) is 4.14. The van der Waals surface area contributed by atoms with Crippen LogP contribution in [0.15, 0.2) is 47.2 Å². The first kappa shape index (κ1) is 10.2. The van der Waals surface area contributed by atoms with Crippen molar-refractivity contribution in [3.8, 4) is 11.6 Å². The molecular formula is C11H7BrN4O. The van der Waals surface area contributed by atoms with Crippen LogP contribution in [0, 0.1) is 0 Å². The summed E-state index contributed by atoms with van der Waals surface area (Å²) >= 11 is 3.38. The number of hydrogen-bond donors (Lipinski definition) is 0. The first-order valence-corrected chi connectivity index (χ1v) is 5.71. The van der Waals surface area contributed by atoms with Gasteiger partial charge in [-0.3, -0.25) is 0 Å². The molecule has 0 N–H and O–H groups in total. The van der Waals surface area contributed by atoms with Crippen LogP contribution in [-0.4, -0.2) is 19.8 Å². The van der Waals surface area contributed by atoms with E-state index < -0.39 is 0 Å². The molecule has 0 unspecified atom stereocenters. The van der Waals surface area contributed by atoms with Crippen LogP contribution in [0.2, 0.25) is 0 Å². The van der Waals surface area contributed by atoms with Gasteiger partial charge in [0, 0.05) is 10.5 Å². The molecule has 5 nitrogen and oxygen atoms in total. The van der Waals surface area contributed by atoms with E-state index in [1.54, 1.807) is 16.6 Å². The molecule has 0 bridgehead atoms. The van der Waals surface area contributed by atoms with Gasteiger partial charge in [0.05, 0.1) is 0 Å². The van der Waals surface area contributed by atoms with E-state index in [0.717, 1.165) is 10.2 Å². The van der Waals surface area contributed by atoms with E-state index in [-0.39, 0.29) is 0 Å². The van der Waals surface area contributed by atoms with Gasteiger partial charge in [-0.15, -0.1) is 15.3 Å². The molecule has 0 radical (unpaired) electrons. The zero-order chi connectivity index (χ0) is 11.7. The number of fused-ring (bicyclic) bond motifs is 1. The Bertz CT molecular complexity index is 667. The number of halogens is 1. The Hall–Kier alpha value is -1.95. The van der Waals surface area contributed by atoms with Crippen LogP contribution in [0.5, 0.6) is 11.6 Å². The van der Waals surface area contributed by atoms with Crippen molar-refractivity contribution in [2.45, 2.75) is 0 Å². The summed E-state index contributed by atoms with van der Waals surface area (Å²) in [4.78, 5) is 0. The molecule has 0 atom stereocenters. The van der Waals surface area contributed by atoms with Crippen LogP contribution < -0.4 is 4.74 Å². The van der Waals surface area contributed by atoms with Crippen molar-refractivity contribution in [1.82, 2.24) is 19.8 Å². The van der Waals surface area contributed by atoms with Gasteiger partial charge in [-0.2, -0.15) is 4.52 Å². The molecule has 3 rings (SSSR count). The number of benzene rings is 1. The molecular weight excluding hydrogens is 284 g/mol. The Morgan fingerprint density at radius 1 is 1.18 bits per heavy atom. The molecule has 0 amide bonds. The normalized spacial score (nSPS) is 10.6. The van der Waals surface area contributed by atoms with Gasteiger partial charge in [0.25, 0.3) is 0 Å². The second-order valence-electron chi connectivity index (χ2n) is 3.36. The van der Waals surface area contributed by atoms with E-state index in [9.17, 15) is 0 Å². The first-order chi connectivity index (χ1) is 8.31. The number of rotatable bonds is 2. The lowest BCUT2D eigenvalue weighted by atomic mass is 10.3. The van der Waals surface area contributed by atoms with Crippen LogP contribution >= 0.6 is 15.9 Å². The van der Waals surface area contributed by atoms with Gasteiger partial charge in [-0.05, 0) is 24.3 Å². The molecule has 3 aromatic rings. The van der Waals surface area contributed by atoms with Crippen LogP contribution in [0.4, 0.5) is 0 Å². The summed E-state index contributed by atoms with van der Waals surface area (Å²) in [6.07, 6.45) is 1.53. The quantitative estimate of drug-likeness (QED) is 0.728. The highest BCUT2D eigenvalue weighted by Gasteiger charge is 2.02. The number of nitrogens with zero attached hydrogens (tertiary/aromatic N) is 4. The van der Waals surface area contributed by atoms with Gasteiger partial charge in [-0.1, -0.05) is 22.0 Å². The SMILES string of the molecule is Brc1cccc(Oc2ccc3nncn3n2)c1. The monoisotopic (exact) mass is 290 g/mol. The zero-order valence-corrected chi connectivity index (χ0v) is 10.2. The van der Waals surface area contributed by atoms with Crippen LogP contribution in [0.25, 0.3) is 5.65 Å². The number of hydrogen-bond acceptors (Lipinski definition) is 4. The minimum atomic E-state index is 0.496. The molecule has 0 saturated heterocycles. The molecule has 0 aliphatic rings. The van der Waals surface area contributed by atoms with E-state index in [0.29, 0.717) is 11.5 Å². The van der Waals surface area contributed by atoms with Crippen molar-refractivity contribution < 1.29 is 4.74 Å². The third-order valence-electron chi connectivity index (χ3n) is 2.16. The largest absolute Gasteiger partial charge is 0.438 e. The summed E-state index contributed by atoms with van der Waals surface area (Å²) < 4.78 is 8.14. The van der Waals surface area contributed by atoms with Crippen LogP contribution in [-0.2, 0) is 0 Å². The Morgan fingerprint density at radius 2 is 2.12 bits per heavy atom. The highest BCUT2D eigenvalue weighted by atomic mass is 79.9. The van der Waals surface area contributed by atoms with E-state index in [1.165, 1.54) is 6.33 Å². The topological polar surface area (TPSA) is 52.3 Å². The molecule has 84 valence electrons. The van der Waals surface area contributed by atoms with Gasteiger partial charge >= 0.3 is 0 Å². The zero-order valence-electron chi connectivity index (χ0n) is 8.62. The van der Waals surface area contributed by atoms with Gasteiger partial charge < -0.3 is 4.74 Å². The lowest BCUT2D eigenvalue weighted by molar-refractivity contribution is 0.452. The lowest BCUT2D eigenvalue weighted by Gasteiger charge is -2.04. The summed E-state index contributed by atoms with van der Waals surface area (Å²) in [6, 6.07) is 11.1. The number of ether oxygens (including phenoxy) is 1. The smallest absolute Gasteiger partial charge is 0.237 e. The molecule has 17 heavy (non-hydrogen) atoms. The summed E-state index contributed by atoms with van der Waals surface area (Å²) in [5.41, 5.74) is 0.687. The van der Waals surface area contributed by atoms with Crippen LogP contribution in [0.1, 0.15) is 0 Å². The molecule has 0 aliphatic heterocycles. The minimum absolute atomic E-state index is 0.496. The summed E-state index contributed by atoms with van der Waals surface area (Å²) in [6.45, 7) is 0. The number of aromatic nitrogens is 4. The van der Waals surface area contributed by atoms with Gasteiger partial charge in [0.1, 0.15) is 12.1 Å². The fraction of sp³-hybridized carbons (Fsp3) is 0.